The maximum absolute atomic E-state index is 4.56. The molecule has 1 aliphatic heterocycles. The molecule has 3 aromatic rings. The number of hydrogen-bond donors (Lipinski definition) is 0. The summed E-state index contributed by atoms with van der Waals surface area (Å²) in [6, 6.07) is 6.33. The molecule has 0 aliphatic carbocycles. The molecule has 1 aromatic carbocycles. The van der Waals surface area contributed by atoms with E-state index in [0.29, 0.717) is 0 Å². The summed E-state index contributed by atoms with van der Waals surface area (Å²) in [7, 11) is 2.20. The highest BCUT2D eigenvalue weighted by Gasteiger charge is 2.13. The van der Waals surface area contributed by atoms with Gasteiger partial charge in [0.2, 0.25) is 0 Å². The van der Waals surface area contributed by atoms with Gasteiger partial charge in [-0.2, -0.15) is 5.10 Å². The molecule has 4 rings (SSSR count). The van der Waals surface area contributed by atoms with Gasteiger partial charge in [-0.25, -0.2) is 0 Å². The number of benzene rings is 1. The molecule has 0 atom stereocenters. The van der Waals surface area contributed by atoms with Gasteiger partial charge in [-0.1, -0.05) is 0 Å². The highest BCUT2D eigenvalue weighted by molar-refractivity contribution is 5.85. The molecule has 1 fully saturated rings. The number of hydrogen-bond acceptors (Lipinski definition) is 5. The van der Waals surface area contributed by atoms with Gasteiger partial charge in [0, 0.05) is 38.1 Å². The van der Waals surface area contributed by atoms with E-state index < -0.39 is 0 Å². The van der Waals surface area contributed by atoms with E-state index in [9.17, 15) is 0 Å². The average Bonchev–Trinajstić information content (AvgIpc) is 3.26. The van der Waals surface area contributed by atoms with Crippen LogP contribution in [0, 0.1) is 0 Å². The monoisotopic (exact) mass is 397 g/mol. The van der Waals surface area contributed by atoms with Crippen molar-refractivity contribution in [1.29, 1.82) is 0 Å². The fourth-order valence-electron chi connectivity index (χ4n) is 3.25. The van der Waals surface area contributed by atoms with Crippen molar-refractivity contribution in [2.45, 2.75) is 13.0 Å². The Morgan fingerprint density at radius 1 is 0.962 bits per heavy atom. The molecule has 7 nitrogen and oxygen atoms in total. The van der Waals surface area contributed by atoms with Crippen LogP contribution >= 0.6 is 24.8 Å². The highest BCUT2D eigenvalue weighted by Crippen LogP contribution is 2.18. The van der Waals surface area contributed by atoms with Gasteiger partial charge in [0.05, 0.1) is 17.4 Å². The van der Waals surface area contributed by atoms with E-state index in [-0.39, 0.29) is 24.8 Å². The summed E-state index contributed by atoms with van der Waals surface area (Å²) in [4.78, 5) is 4.94. The molecule has 0 N–H and O–H groups in total. The van der Waals surface area contributed by atoms with Gasteiger partial charge in [-0.15, -0.1) is 35.0 Å². The lowest BCUT2D eigenvalue weighted by Gasteiger charge is -2.32. The van der Waals surface area contributed by atoms with Gasteiger partial charge in [0.25, 0.3) is 0 Å². The third-order valence-electron chi connectivity index (χ3n) is 4.79. The zero-order valence-electron chi connectivity index (χ0n) is 14.9. The maximum Gasteiger partial charge on any atom is 0.123 e. The molecule has 0 unspecified atom stereocenters. The van der Waals surface area contributed by atoms with Gasteiger partial charge in [0.15, 0.2) is 0 Å². The van der Waals surface area contributed by atoms with Crippen LogP contribution in [-0.2, 0) is 6.54 Å². The van der Waals surface area contributed by atoms with Gasteiger partial charge in [-0.05, 0) is 38.2 Å². The van der Waals surface area contributed by atoms with Crippen LogP contribution in [0.5, 0.6) is 0 Å². The number of rotatable bonds is 5. The minimum Gasteiger partial charge on any atom is -0.304 e. The fourth-order valence-corrected chi connectivity index (χ4v) is 3.25. The summed E-state index contributed by atoms with van der Waals surface area (Å²) >= 11 is 0. The first-order valence-corrected chi connectivity index (χ1v) is 8.51. The Morgan fingerprint density at radius 2 is 1.69 bits per heavy atom. The van der Waals surface area contributed by atoms with Crippen molar-refractivity contribution in [2.24, 2.45) is 0 Å². The third-order valence-corrected chi connectivity index (χ3v) is 4.79. The lowest BCUT2D eigenvalue weighted by molar-refractivity contribution is 0.151. The van der Waals surface area contributed by atoms with Crippen molar-refractivity contribution in [2.75, 3.05) is 39.8 Å². The van der Waals surface area contributed by atoms with E-state index in [4.69, 9.17) is 0 Å². The van der Waals surface area contributed by atoms with Crippen molar-refractivity contribution < 1.29 is 0 Å². The quantitative estimate of drug-likeness (QED) is 0.659. The van der Waals surface area contributed by atoms with Crippen LogP contribution in [0.15, 0.2) is 37.1 Å². The summed E-state index contributed by atoms with van der Waals surface area (Å²) in [5, 5.41) is 13.5. The van der Waals surface area contributed by atoms with E-state index in [1.807, 2.05) is 10.8 Å². The number of likely N-dealkylation sites (N-methyl/N-ethyl adjacent to an activating group) is 1. The van der Waals surface area contributed by atoms with Gasteiger partial charge < -0.3 is 9.80 Å². The second-order valence-corrected chi connectivity index (χ2v) is 6.48. The first-order chi connectivity index (χ1) is 11.8. The molecule has 3 heterocycles. The molecule has 1 saturated heterocycles. The van der Waals surface area contributed by atoms with Crippen LogP contribution in [0.4, 0.5) is 0 Å². The minimum absolute atomic E-state index is 0. The van der Waals surface area contributed by atoms with Crippen LogP contribution in [0.2, 0.25) is 0 Å². The van der Waals surface area contributed by atoms with E-state index in [2.05, 4.69) is 55.0 Å². The van der Waals surface area contributed by atoms with Crippen molar-refractivity contribution in [3.8, 4) is 5.69 Å². The molecule has 0 bridgehead atoms. The van der Waals surface area contributed by atoms with Crippen LogP contribution in [-0.4, -0.2) is 74.1 Å². The number of aromatic nitrogens is 5. The Labute approximate surface area is 165 Å². The van der Waals surface area contributed by atoms with Gasteiger partial charge in [0.1, 0.15) is 12.7 Å². The lowest BCUT2D eigenvalue weighted by atomic mass is 10.2. The Kier molecular flexibility index (Phi) is 7.40. The van der Waals surface area contributed by atoms with Crippen molar-refractivity contribution >= 4 is 35.7 Å². The normalized spacial score (nSPS) is 15.6. The second-order valence-electron chi connectivity index (χ2n) is 6.48. The molecule has 9 heteroatoms. The Hall–Kier alpha value is -1.67. The Bertz CT molecular complexity index is 795. The minimum atomic E-state index is 0. The molecular weight excluding hydrogens is 373 g/mol. The number of piperazine rings is 1. The molecular formula is C17H25Cl2N7. The van der Waals surface area contributed by atoms with Gasteiger partial charge in [-0.3, -0.25) is 9.25 Å². The van der Waals surface area contributed by atoms with Crippen LogP contribution in [0.1, 0.15) is 6.42 Å². The second kappa shape index (κ2) is 9.32. The standard InChI is InChI=1S/C17H23N7.2ClH/c1-21-7-9-22(10-8-21)5-2-6-24-17-11-16(23-13-18-19-14-23)4-3-15(17)12-20-24;;/h3-4,11-14H,2,5-10H2,1H3;2*1H. The number of nitrogens with zero attached hydrogens (tertiary/aromatic N) is 7. The van der Waals surface area contributed by atoms with Gasteiger partial charge >= 0.3 is 0 Å². The summed E-state index contributed by atoms with van der Waals surface area (Å²) in [5.74, 6) is 0. The van der Waals surface area contributed by atoms with Crippen molar-refractivity contribution in [1.82, 2.24) is 34.3 Å². The third kappa shape index (κ3) is 4.54. The Balaban J connectivity index is 0.00000121. The molecule has 1 aliphatic rings. The average molecular weight is 398 g/mol. The number of aryl methyl sites for hydroxylation is 1. The van der Waals surface area contributed by atoms with Crippen LogP contribution in [0.3, 0.4) is 0 Å². The van der Waals surface area contributed by atoms with E-state index >= 15 is 0 Å². The van der Waals surface area contributed by atoms with E-state index in [1.54, 1.807) is 12.7 Å². The summed E-state index contributed by atoms with van der Waals surface area (Å²) in [6.45, 7) is 6.78. The SMILES string of the molecule is CN1CCN(CCCn2ncc3ccc(-n4cnnc4)cc32)CC1.Cl.Cl. The summed E-state index contributed by atoms with van der Waals surface area (Å²) in [5.41, 5.74) is 2.23. The molecule has 142 valence electrons. The predicted octanol–water partition coefficient (Wildman–Crippen LogP) is 2.10. The Morgan fingerprint density at radius 3 is 2.42 bits per heavy atom. The predicted molar refractivity (Wildman–Crippen MR) is 108 cm³/mol. The zero-order valence-corrected chi connectivity index (χ0v) is 16.5. The fraction of sp³-hybridized carbons (Fsp3) is 0.471. The summed E-state index contributed by atoms with van der Waals surface area (Å²) in [6.07, 6.45) is 6.50. The molecule has 0 spiro atoms. The number of fused-ring (bicyclic) bond motifs is 1. The first kappa shape index (κ1) is 20.6. The summed E-state index contributed by atoms with van der Waals surface area (Å²) < 4.78 is 4.03. The van der Waals surface area contributed by atoms with Crippen LogP contribution < -0.4 is 0 Å². The number of halogens is 2. The van der Waals surface area contributed by atoms with Crippen LogP contribution in [0.25, 0.3) is 16.6 Å². The smallest absolute Gasteiger partial charge is 0.123 e. The molecule has 0 radical (unpaired) electrons. The topological polar surface area (TPSA) is 55.0 Å². The van der Waals surface area contributed by atoms with E-state index in [1.165, 1.54) is 37.1 Å². The lowest BCUT2D eigenvalue weighted by Crippen LogP contribution is -2.44. The largest absolute Gasteiger partial charge is 0.304 e. The molecule has 26 heavy (non-hydrogen) atoms. The molecule has 2 aromatic heterocycles. The van der Waals surface area contributed by atoms with Crippen molar-refractivity contribution in [3.05, 3.63) is 37.1 Å². The molecule has 0 amide bonds. The highest BCUT2D eigenvalue weighted by atomic mass is 35.5. The maximum atomic E-state index is 4.56. The first-order valence-electron chi connectivity index (χ1n) is 8.51. The van der Waals surface area contributed by atoms with Crippen molar-refractivity contribution in [3.63, 3.8) is 0 Å². The zero-order chi connectivity index (χ0) is 16.4. The molecule has 0 saturated carbocycles. The van der Waals surface area contributed by atoms with E-state index in [0.717, 1.165) is 25.2 Å².